The van der Waals surface area contributed by atoms with E-state index in [1.807, 2.05) is 11.1 Å². The van der Waals surface area contributed by atoms with Crippen molar-refractivity contribution in [1.82, 2.24) is 20.5 Å². The molecule has 31 heavy (non-hydrogen) atoms. The predicted octanol–water partition coefficient (Wildman–Crippen LogP) is 3.31. The standard InChI is InChI=1S/C24H40N6O/c1-2-25-24(26-14-10-18-30-17-9-5-6-11-23(30)31)28-20-21-12-13-22(27-19-21)29-15-7-3-4-8-16-29/h12-13,19H,2-11,14-18,20H2,1H3,(H2,25,26,28). The summed E-state index contributed by atoms with van der Waals surface area (Å²) in [5, 5.41) is 6.71. The Balaban J connectivity index is 1.44. The molecule has 0 spiro atoms. The number of anilines is 1. The summed E-state index contributed by atoms with van der Waals surface area (Å²) < 4.78 is 0. The monoisotopic (exact) mass is 428 g/mol. The highest BCUT2D eigenvalue weighted by Gasteiger charge is 2.15. The van der Waals surface area contributed by atoms with Crippen molar-refractivity contribution in [3.05, 3.63) is 23.9 Å². The number of guanidine groups is 1. The number of carbonyl (C=O) groups is 1. The fourth-order valence-electron chi connectivity index (χ4n) is 4.26. The summed E-state index contributed by atoms with van der Waals surface area (Å²) in [7, 11) is 0. The first-order valence-corrected chi connectivity index (χ1v) is 12.3. The largest absolute Gasteiger partial charge is 0.357 e. The number of hydrogen-bond acceptors (Lipinski definition) is 4. The van der Waals surface area contributed by atoms with Crippen LogP contribution in [-0.2, 0) is 11.3 Å². The summed E-state index contributed by atoms with van der Waals surface area (Å²) in [5.74, 6) is 2.22. The number of pyridine rings is 1. The van der Waals surface area contributed by atoms with Gasteiger partial charge in [-0.2, -0.15) is 0 Å². The van der Waals surface area contributed by atoms with Crippen LogP contribution in [-0.4, -0.2) is 61.0 Å². The van der Waals surface area contributed by atoms with E-state index in [9.17, 15) is 4.79 Å². The van der Waals surface area contributed by atoms with Crippen LogP contribution in [0.5, 0.6) is 0 Å². The fraction of sp³-hybridized carbons (Fsp3) is 0.708. The van der Waals surface area contributed by atoms with Crippen LogP contribution in [0.4, 0.5) is 5.82 Å². The zero-order chi connectivity index (χ0) is 21.7. The van der Waals surface area contributed by atoms with Crippen molar-refractivity contribution in [2.75, 3.05) is 44.2 Å². The molecule has 3 rings (SSSR count). The zero-order valence-electron chi connectivity index (χ0n) is 19.2. The topological polar surface area (TPSA) is 72.9 Å². The number of aliphatic imine (C=N–C) groups is 1. The van der Waals surface area contributed by atoms with Crippen LogP contribution in [0.25, 0.3) is 0 Å². The van der Waals surface area contributed by atoms with E-state index in [1.54, 1.807) is 0 Å². The second-order valence-corrected chi connectivity index (χ2v) is 8.59. The maximum atomic E-state index is 12.1. The van der Waals surface area contributed by atoms with Crippen LogP contribution < -0.4 is 15.5 Å². The molecule has 7 nitrogen and oxygen atoms in total. The molecule has 0 aliphatic carbocycles. The average molecular weight is 429 g/mol. The Morgan fingerprint density at radius 2 is 1.81 bits per heavy atom. The molecule has 2 saturated heterocycles. The van der Waals surface area contributed by atoms with Gasteiger partial charge in [-0.1, -0.05) is 25.3 Å². The molecule has 172 valence electrons. The van der Waals surface area contributed by atoms with Crippen molar-refractivity contribution in [3.63, 3.8) is 0 Å². The van der Waals surface area contributed by atoms with Crippen LogP contribution in [0, 0.1) is 0 Å². The van der Waals surface area contributed by atoms with Crippen molar-refractivity contribution in [2.24, 2.45) is 4.99 Å². The van der Waals surface area contributed by atoms with Crippen molar-refractivity contribution in [2.45, 2.75) is 71.3 Å². The molecule has 2 fully saturated rings. The first-order chi connectivity index (χ1) is 15.3. The Morgan fingerprint density at radius 3 is 2.55 bits per heavy atom. The number of aromatic nitrogens is 1. The van der Waals surface area contributed by atoms with Gasteiger partial charge in [0.2, 0.25) is 5.91 Å². The molecule has 7 heteroatoms. The van der Waals surface area contributed by atoms with E-state index in [4.69, 9.17) is 4.99 Å². The number of rotatable bonds is 8. The van der Waals surface area contributed by atoms with Crippen LogP contribution in [0.15, 0.2) is 23.3 Å². The Morgan fingerprint density at radius 1 is 1.03 bits per heavy atom. The smallest absolute Gasteiger partial charge is 0.222 e. The van der Waals surface area contributed by atoms with Crippen molar-refractivity contribution in [1.29, 1.82) is 0 Å². The molecule has 0 aromatic carbocycles. The summed E-state index contributed by atoms with van der Waals surface area (Å²) in [5.41, 5.74) is 1.12. The van der Waals surface area contributed by atoms with Gasteiger partial charge in [0.25, 0.3) is 0 Å². The first-order valence-electron chi connectivity index (χ1n) is 12.3. The van der Waals surface area contributed by atoms with E-state index in [-0.39, 0.29) is 0 Å². The molecule has 1 amide bonds. The lowest BCUT2D eigenvalue weighted by atomic mass is 10.2. The molecule has 0 atom stereocenters. The number of amides is 1. The van der Waals surface area contributed by atoms with E-state index in [1.165, 1.54) is 32.1 Å². The second kappa shape index (κ2) is 13.2. The minimum absolute atomic E-state index is 0.314. The van der Waals surface area contributed by atoms with E-state index < -0.39 is 0 Å². The number of likely N-dealkylation sites (tertiary alicyclic amines) is 1. The van der Waals surface area contributed by atoms with Crippen molar-refractivity contribution >= 4 is 17.7 Å². The minimum Gasteiger partial charge on any atom is -0.357 e. The van der Waals surface area contributed by atoms with Gasteiger partial charge in [0.15, 0.2) is 5.96 Å². The molecule has 2 N–H and O–H groups in total. The average Bonchev–Trinajstić information content (AvgIpc) is 3.18. The van der Waals surface area contributed by atoms with Gasteiger partial charge in [-0.25, -0.2) is 9.98 Å². The highest BCUT2D eigenvalue weighted by Crippen LogP contribution is 2.17. The maximum Gasteiger partial charge on any atom is 0.222 e. The molecule has 3 heterocycles. The number of carbonyl (C=O) groups excluding carboxylic acids is 1. The Hall–Kier alpha value is -2.31. The van der Waals surface area contributed by atoms with E-state index in [2.05, 4.69) is 39.6 Å². The zero-order valence-corrected chi connectivity index (χ0v) is 19.2. The maximum absolute atomic E-state index is 12.1. The first kappa shape index (κ1) is 23.4. The molecular formula is C24H40N6O. The molecule has 0 radical (unpaired) electrons. The van der Waals surface area contributed by atoms with Crippen LogP contribution >= 0.6 is 0 Å². The van der Waals surface area contributed by atoms with Crippen LogP contribution in [0.3, 0.4) is 0 Å². The van der Waals surface area contributed by atoms with Gasteiger partial charge < -0.3 is 20.4 Å². The van der Waals surface area contributed by atoms with Crippen LogP contribution in [0.1, 0.15) is 70.3 Å². The summed E-state index contributed by atoms with van der Waals surface area (Å²) in [4.78, 5) is 25.9. The summed E-state index contributed by atoms with van der Waals surface area (Å²) in [6, 6.07) is 4.28. The third kappa shape index (κ3) is 8.04. The van der Waals surface area contributed by atoms with E-state index in [0.29, 0.717) is 18.9 Å². The lowest BCUT2D eigenvalue weighted by molar-refractivity contribution is -0.130. The molecule has 2 aliphatic rings. The van der Waals surface area contributed by atoms with Gasteiger partial charge in [-0.3, -0.25) is 4.79 Å². The Labute approximate surface area is 187 Å². The molecule has 0 bridgehead atoms. The van der Waals surface area contributed by atoms with Gasteiger partial charge in [0, 0.05) is 51.9 Å². The van der Waals surface area contributed by atoms with Gasteiger partial charge in [0.05, 0.1) is 6.54 Å². The lowest BCUT2D eigenvalue weighted by Gasteiger charge is -2.21. The SMILES string of the molecule is CCNC(=NCc1ccc(N2CCCCCC2)nc1)NCCCN1CCCCCC1=O. The highest BCUT2D eigenvalue weighted by atomic mass is 16.2. The van der Waals surface area contributed by atoms with E-state index in [0.717, 1.165) is 75.9 Å². The molecule has 2 aliphatic heterocycles. The Bertz CT molecular complexity index is 682. The molecule has 0 unspecified atom stereocenters. The van der Waals surface area contributed by atoms with Crippen molar-refractivity contribution < 1.29 is 4.79 Å². The highest BCUT2D eigenvalue weighted by molar-refractivity contribution is 5.79. The van der Waals surface area contributed by atoms with Crippen LogP contribution in [0.2, 0.25) is 0 Å². The fourth-order valence-corrected chi connectivity index (χ4v) is 4.26. The van der Waals surface area contributed by atoms with Gasteiger partial charge in [-0.05, 0) is 50.7 Å². The molecule has 1 aromatic heterocycles. The third-order valence-electron chi connectivity index (χ3n) is 6.07. The summed E-state index contributed by atoms with van der Waals surface area (Å²) >= 11 is 0. The Kier molecular flexibility index (Phi) is 9.93. The number of nitrogens with one attached hydrogen (secondary N) is 2. The summed E-state index contributed by atoms with van der Waals surface area (Å²) in [6.45, 7) is 8.27. The van der Waals surface area contributed by atoms with Gasteiger partial charge >= 0.3 is 0 Å². The number of hydrogen-bond donors (Lipinski definition) is 2. The third-order valence-corrected chi connectivity index (χ3v) is 6.07. The second-order valence-electron chi connectivity index (χ2n) is 8.59. The predicted molar refractivity (Wildman–Crippen MR) is 127 cm³/mol. The quantitative estimate of drug-likeness (QED) is 0.378. The van der Waals surface area contributed by atoms with E-state index >= 15 is 0 Å². The lowest BCUT2D eigenvalue weighted by Crippen LogP contribution is -2.39. The summed E-state index contributed by atoms with van der Waals surface area (Å²) in [6.07, 6.45) is 12.1. The number of nitrogens with zero attached hydrogens (tertiary/aromatic N) is 4. The minimum atomic E-state index is 0.314. The van der Waals surface area contributed by atoms with Gasteiger partial charge in [-0.15, -0.1) is 0 Å². The van der Waals surface area contributed by atoms with Gasteiger partial charge in [0.1, 0.15) is 5.82 Å². The molecule has 1 aromatic rings. The molecular weight excluding hydrogens is 388 g/mol. The molecule has 0 saturated carbocycles. The normalized spacial score (nSPS) is 18.5. The van der Waals surface area contributed by atoms with Crippen molar-refractivity contribution in [3.8, 4) is 0 Å².